The molecule has 76 valence electrons. The van der Waals surface area contributed by atoms with Crippen molar-refractivity contribution in [3.05, 3.63) is 32.7 Å². The van der Waals surface area contributed by atoms with E-state index in [1.54, 1.807) is 7.11 Å². The number of hydrogen-bond acceptors (Lipinski definition) is 2. The topological polar surface area (TPSA) is 35.2 Å². The Morgan fingerprint density at radius 3 is 2.71 bits per heavy atom. The second-order valence-electron chi connectivity index (χ2n) is 2.65. The van der Waals surface area contributed by atoms with E-state index in [4.69, 9.17) is 10.5 Å². The molecule has 0 unspecified atom stereocenters. The van der Waals surface area contributed by atoms with E-state index < -0.39 is 0 Å². The van der Waals surface area contributed by atoms with Crippen LogP contribution >= 0.6 is 31.9 Å². The van der Waals surface area contributed by atoms with Gasteiger partial charge < -0.3 is 10.5 Å². The normalized spacial score (nSPS) is 10.9. The minimum absolute atomic E-state index is 0.521. The van der Waals surface area contributed by atoms with Crippen molar-refractivity contribution in [1.29, 1.82) is 0 Å². The lowest BCUT2D eigenvalue weighted by Crippen LogP contribution is -1.93. The van der Waals surface area contributed by atoms with Gasteiger partial charge in [0, 0.05) is 16.6 Å². The first-order chi connectivity index (χ1) is 6.69. The Morgan fingerprint density at radius 1 is 1.43 bits per heavy atom. The van der Waals surface area contributed by atoms with Crippen LogP contribution in [0.2, 0.25) is 0 Å². The fourth-order valence-corrected chi connectivity index (χ4v) is 2.53. The molecule has 0 aliphatic carbocycles. The summed E-state index contributed by atoms with van der Waals surface area (Å²) in [5.41, 5.74) is 6.39. The van der Waals surface area contributed by atoms with Crippen molar-refractivity contribution >= 4 is 37.9 Å². The summed E-state index contributed by atoms with van der Waals surface area (Å²) in [5.74, 6) is 0.818. The van der Waals surface area contributed by atoms with Gasteiger partial charge >= 0.3 is 0 Å². The molecule has 0 heterocycles. The van der Waals surface area contributed by atoms with Gasteiger partial charge in [-0.25, -0.2) is 0 Å². The van der Waals surface area contributed by atoms with Crippen LogP contribution in [0.3, 0.4) is 0 Å². The van der Waals surface area contributed by atoms with Gasteiger partial charge in [-0.2, -0.15) is 0 Å². The molecule has 0 bridgehead atoms. The van der Waals surface area contributed by atoms with Crippen LogP contribution in [-0.4, -0.2) is 13.7 Å². The average molecular weight is 321 g/mol. The van der Waals surface area contributed by atoms with Crippen molar-refractivity contribution in [2.45, 2.75) is 0 Å². The van der Waals surface area contributed by atoms with Crippen LogP contribution in [0, 0.1) is 0 Å². The van der Waals surface area contributed by atoms with Gasteiger partial charge in [0.05, 0.1) is 11.6 Å². The maximum absolute atomic E-state index is 5.39. The van der Waals surface area contributed by atoms with E-state index in [9.17, 15) is 0 Å². The maximum Gasteiger partial charge on any atom is 0.140 e. The third-order valence-corrected chi connectivity index (χ3v) is 2.72. The number of ether oxygens (including phenoxy) is 1. The highest BCUT2D eigenvalue weighted by atomic mass is 79.9. The fraction of sp³-hybridized carbons (Fsp3) is 0.200. The highest BCUT2D eigenvalue weighted by Gasteiger charge is 2.06. The first-order valence-electron chi connectivity index (χ1n) is 4.08. The number of rotatable bonds is 3. The summed E-state index contributed by atoms with van der Waals surface area (Å²) in [4.78, 5) is 0. The zero-order valence-corrected chi connectivity index (χ0v) is 10.9. The van der Waals surface area contributed by atoms with Gasteiger partial charge in [-0.15, -0.1) is 0 Å². The molecule has 0 aliphatic rings. The van der Waals surface area contributed by atoms with E-state index in [1.807, 2.05) is 24.3 Å². The highest BCUT2D eigenvalue weighted by Crippen LogP contribution is 2.33. The number of hydrogen-bond donors (Lipinski definition) is 1. The fourth-order valence-electron chi connectivity index (χ4n) is 1.11. The van der Waals surface area contributed by atoms with Crippen molar-refractivity contribution in [3.8, 4) is 5.75 Å². The zero-order valence-electron chi connectivity index (χ0n) is 7.76. The molecule has 0 atom stereocenters. The first-order valence-corrected chi connectivity index (χ1v) is 5.67. The molecule has 2 nitrogen and oxygen atoms in total. The van der Waals surface area contributed by atoms with Crippen LogP contribution in [0.15, 0.2) is 27.2 Å². The summed E-state index contributed by atoms with van der Waals surface area (Å²) < 4.78 is 7.19. The summed E-state index contributed by atoms with van der Waals surface area (Å²) in [7, 11) is 1.65. The van der Waals surface area contributed by atoms with E-state index in [1.165, 1.54) is 0 Å². The molecule has 0 saturated carbocycles. The molecule has 0 aromatic heterocycles. The van der Waals surface area contributed by atoms with Gasteiger partial charge in [0.15, 0.2) is 0 Å². The molecule has 0 aliphatic heterocycles. The Balaban J connectivity index is 3.18. The predicted octanol–water partition coefficient (Wildman–Crippen LogP) is 3.19. The quantitative estimate of drug-likeness (QED) is 0.928. The third-order valence-electron chi connectivity index (χ3n) is 1.67. The van der Waals surface area contributed by atoms with Gasteiger partial charge in [0.2, 0.25) is 0 Å². The maximum atomic E-state index is 5.39. The number of nitrogens with two attached hydrogens (primary N) is 1. The second-order valence-corrected chi connectivity index (χ2v) is 4.42. The SMILES string of the molecule is COc1c(Br)cc(Br)cc1C=CCN. The smallest absolute Gasteiger partial charge is 0.140 e. The molecular formula is C10H11Br2NO. The molecule has 2 N–H and O–H groups in total. The zero-order chi connectivity index (χ0) is 10.6. The minimum atomic E-state index is 0.521. The molecule has 0 radical (unpaired) electrons. The standard InChI is InChI=1S/C10H11Br2NO/c1-14-10-7(3-2-4-13)5-8(11)6-9(10)12/h2-3,5-6H,4,13H2,1H3. The Kier molecular flexibility index (Phi) is 4.65. The van der Waals surface area contributed by atoms with Gasteiger partial charge in [-0.05, 0) is 28.1 Å². The lowest BCUT2D eigenvalue weighted by atomic mass is 10.2. The van der Waals surface area contributed by atoms with Crippen molar-refractivity contribution < 1.29 is 4.74 Å². The van der Waals surface area contributed by atoms with Crippen LogP contribution in [-0.2, 0) is 0 Å². The summed E-state index contributed by atoms with van der Waals surface area (Å²) in [5, 5.41) is 0. The monoisotopic (exact) mass is 319 g/mol. The summed E-state index contributed by atoms with van der Waals surface area (Å²) in [6.07, 6.45) is 3.82. The summed E-state index contributed by atoms with van der Waals surface area (Å²) in [6, 6.07) is 3.92. The molecule has 1 aromatic carbocycles. The number of halogens is 2. The molecule has 1 aromatic rings. The van der Waals surface area contributed by atoms with Crippen LogP contribution in [0.25, 0.3) is 6.08 Å². The van der Waals surface area contributed by atoms with Gasteiger partial charge in [-0.1, -0.05) is 28.1 Å². The second kappa shape index (κ2) is 5.53. The average Bonchev–Trinajstić information content (AvgIpc) is 2.14. The van der Waals surface area contributed by atoms with Gasteiger partial charge in [-0.3, -0.25) is 0 Å². The van der Waals surface area contributed by atoms with Crippen molar-refractivity contribution in [3.63, 3.8) is 0 Å². The summed E-state index contributed by atoms with van der Waals surface area (Å²) in [6.45, 7) is 0.521. The largest absolute Gasteiger partial charge is 0.495 e. The van der Waals surface area contributed by atoms with Gasteiger partial charge in [0.1, 0.15) is 5.75 Å². The summed E-state index contributed by atoms with van der Waals surface area (Å²) >= 11 is 6.85. The van der Waals surface area contributed by atoms with E-state index in [-0.39, 0.29) is 0 Å². The molecule has 1 rings (SSSR count). The van der Waals surface area contributed by atoms with E-state index in [0.717, 1.165) is 20.3 Å². The molecule has 0 amide bonds. The first kappa shape index (κ1) is 11.8. The van der Waals surface area contributed by atoms with E-state index >= 15 is 0 Å². The van der Waals surface area contributed by atoms with Crippen LogP contribution < -0.4 is 10.5 Å². The Labute approximate surface area is 100 Å². The lowest BCUT2D eigenvalue weighted by molar-refractivity contribution is 0.411. The Bertz CT molecular complexity index is 350. The Hall–Kier alpha value is -0.320. The minimum Gasteiger partial charge on any atom is -0.495 e. The van der Waals surface area contributed by atoms with Crippen molar-refractivity contribution in [1.82, 2.24) is 0 Å². The molecule has 0 spiro atoms. The highest BCUT2D eigenvalue weighted by molar-refractivity contribution is 9.11. The van der Waals surface area contributed by atoms with E-state index in [0.29, 0.717) is 6.54 Å². The molecular weight excluding hydrogens is 310 g/mol. The molecule has 14 heavy (non-hydrogen) atoms. The van der Waals surface area contributed by atoms with E-state index in [2.05, 4.69) is 31.9 Å². The van der Waals surface area contributed by atoms with Crippen LogP contribution in [0.4, 0.5) is 0 Å². The third kappa shape index (κ3) is 2.83. The van der Waals surface area contributed by atoms with Crippen molar-refractivity contribution in [2.24, 2.45) is 5.73 Å². The molecule has 0 saturated heterocycles. The van der Waals surface area contributed by atoms with Gasteiger partial charge in [0.25, 0.3) is 0 Å². The molecule has 4 heteroatoms. The number of benzene rings is 1. The van der Waals surface area contributed by atoms with Crippen molar-refractivity contribution in [2.75, 3.05) is 13.7 Å². The predicted molar refractivity (Wildman–Crippen MR) is 66.5 cm³/mol. The van der Waals surface area contributed by atoms with Crippen LogP contribution in [0.1, 0.15) is 5.56 Å². The van der Waals surface area contributed by atoms with Crippen LogP contribution in [0.5, 0.6) is 5.75 Å². The molecule has 0 fully saturated rings. The number of methoxy groups -OCH3 is 1. The Morgan fingerprint density at radius 2 is 2.14 bits per heavy atom. The lowest BCUT2D eigenvalue weighted by Gasteiger charge is -2.07.